The van der Waals surface area contributed by atoms with Crippen LogP contribution in [0, 0.1) is 6.92 Å². The van der Waals surface area contributed by atoms with Gasteiger partial charge in [0.25, 0.3) is 0 Å². The zero-order valence-electron chi connectivity index (χ0n) is 12.5. The summed E-state index contributed by atoms with van der Waals surface area (Å²) >= 11 is 3.33. The summed E-state index contributed by atoms with van der Waals surface area (Å²) in [6.45, 7) is 2.71. The number of hydrogen-bond donors (Lipinski definition) is 0. The fraction of sp³-hybridized carbons (Fsp3) is 0.235. The lowest BCUT2D eigenvalue weighted by Gasteiger charge is -2.13. The normalized spacial score (nSPS) is 10.1. The Morgan fingerprint density at radius 3 is 2.41 bits per heavy atom. The number of carbonyl (C=O) groups is 1. The Bertz CT molecular complexity index is 638. The van der Waals surface area contributed by atoms with Gasteiger partial charge >= 0.3 is 0 Å². The molecule has 2 aromatic rings. The minimum atomic E-state index is 0.312. The summed E-state index contributed by atoms with van der Waals surface area (Å²) in [6.07, 6.45) is 0.740. The smallest absolute Gasteiger partial charge is 0.171 e. The van der Waals surface area contributed by atoms with Gasteiger partial charge in [0.05, 0.1) is 12.7 Å². The highest BCUT2D eigenvalue weighted by Crippen LogP contribution is 2.33. The van der Waals surface area contributed by atoms with Crippen molar-refractivity contribution in [1.82, 2.24) is 0 Å². The molecule has 0 atom stereocenters. The maximum Gasteiger partial charge on any atom is 0.171 e. The Balaban J connectivity index is 1.96. The predicted molar refractivity (Wildman–Crippen MR) is 88.3 cm³/mol. The van der Waals surface area contributed by atoms with Gasteiger partial charge in [-0.05, 0) is 31.2 Å². The van der Waals surface area contributed by atoms with Gasteiger partial charge in [-0.1, -0.05) is 33.6 Å². The van der Waals surface area contributed by atoms with Crippen molar-refractivity contribution in [1.29, 1.82) is 0 Å². The Kier molecular flexibility index (Phi) is 5.83. The van der Waals surface area contributed by atoms with E-state index in [1.807, 2.05) is 31.2 Å². The summed E-state index contributed by atoms with van der Waals surface area (Å²) in [4.78, 5) is 11.1. The van der Waals surface area contributed by atoms with E-state index in [-0.39, 0.29) is 0 Å². The molecule has 2 rings (SSSR count). The number of hydrogen-bond acceptors (Lipinski definition) is 4. The molecule has 0 aliphatic heterocycles. The molecule has 0 fully saturated rings. The maximum atomic E-state index is 11.1. The number of methoxy groups -OCH3 is 1. The van der Waals surface area contributed by atoms with Crippen LogP contribution in [-0.2, 0) is 0 Å². The molecule has 2 aromatic carbocycles. The van der Waals surface area contributed by atoms with E-state index in [0.29, 0.717) is 30.3 Å². The number of ether oxygens (including phenoxy) is 3. The quantitative estimate of drug-likeness (QED) is 0.549. The van der Waals surface area contributed by atoms with Crippen LogP contribution in [0.5, 0.6) is 17.2 Å². The highest BCUT2D eigenvalue weighted by Gasteiger charge is 2.12. The molecule has 0 aliphatic rings. The van der Waals surface area contributed by atoms with Crippen LogP contribution in [0.25, 0.3) is 0 Å². The van der Waals surface area contributed by atoms with Crippen LogP contribution in [0.3, 0.4) is 0 Å². The molecule has 0 unspecified atom stereocenters. The van der Waals surface area contributed by atoms with E-state index in [1.54, 1.807) is 12.1 Å². The zero-order chi connectivity index (χ0) is 15.9. The van der Waals surface area contributed by atoms with Crippen molar-refractivity contribution < 1.29 is 19.0 Å². The summed E-state index contributed by atoms with van der Waals surface area (Å²) in [5, 5.41) is 0. The maximum absolute atomic E-state index is 11.1. The number of rotatable bonds is 7. The van der Waals surface area contributed by atoms with Gasteiger partial charge in [0.1, 0.15) is 19.0 Å². The Morgan fingerprint density at radius 2 is 1.77 bits per heavy atom. The predicted octanol–water partition coefficient (Wildman–Crippen LogP) is 4.04. The number of aryl methyl sites for hydroxylation is 1. The standard InChI is InChI=1S/C17H17BrO4/c1-12-3-5-15(6-4-12)21-7-8-22-17-13(11-19)9-14(18)10-16(17)20-2/h3-6,9-11H,7-8H2,1-2H3. The summed E-state index contributed by atoms with van der Waals surface area (Å²) in [5.74, 6) is 1.72. The zero-order valence-corrected chi connectivity index (χ0v) is 14.1. The minimum Gasteiger partial charge on any atom is -0.493 e. The third-order valence-corrected chi connectivity index (χ3v) is 3.47. The number of halogens is 1. The molecule has 0 heterocycles. The van der Waals surface area contributed by atoms with Gasteiger partial charge in [-0.25, -0.2) is 0 Å². The third kappa shape index (κ3) is 4.24. The van der Waals surface area contributed by atoms with Crippen molar-refractivity contribution in [2.75, 3.05) is 20.3 Å². The van der Waals surface area contributed by atoms with Gasteiger partial charge in [-0.3, -0.25) is 4.79 Å². The average molecular weight is 365 g/mol. The lowest BCUT2D eigenvalue weighted by atomic mass is 10.2. The highest BCUT2D eigenvalue weighted by molar-refractivity contribution is 9.10. The summed E-state index contributed by atoms with van der Waals surface area (Å²) < 4.78 is 17.2. The molecular weight excluding hydrogens is 348 g/mol. The second kappa shape index (κ2) is 7.84. The molecule has 22 heavy (non-hydrogen) atoms. The van der Waals surface area contributed by atoms with Gasteiger partial charge in [0.2, 0.25) is 0 Å². The topological polar surface area (TPSA) is 44.8 Å². The second-order valence-electron chi connectivity index (χ2n) is 4.65. The van der Waals surface area contributed by atoms with Crippen LogP contribution < -0.4 is 14.2 Å². The van der Waals surface area contributed by atoms with Gasteiger partial charge < -0.3 is 14.2 Å². The van der Waals surface area contributed by atoms with Gasteiger partial charge in [0.15, 0.2) is 17.8 Å². The van der Waals surface area contributed by atoms with Crippen LogP contribution in [0.2, 0.25) is 0 Å². The Morgan fingerprint density at radius 1 is 1.09 bits per heavy atom. The lowest BCUT2D eigenvalue weighted by Crippen LogP contribution is -2.10. The fourth-order valence-electron chi connectivity index (χ4n) is 1.92. The molecule has 0 radical (unpaired) electrons. The molecule has 116 valence electrons. The molecule has 0 saturated heterocycles. The Labute approximate surface area is 138 Å². The van der Waals surface area contributed by atoms with Crippen LogP contribution >= 0.6 is 15.9 Å². The first-order valence-electron chi connectivity index (χ1n) is 6.79. The van der Waals surface area contributed by atoms with Gasteiger partial charge in [-0.15, -0.1) is 0 Å². The first-order valence-corrected chi connectivity index (χ1v) is 7.58. The van der Waals surface area contributed by atoms with Crippen molar-refractivity contribution in [3.63, 3.8) is 0 Å². The van der Waals surface area contributed by atoms with E-state index in [4.69, 9.17) is 14.2 Å². The van der Waals surface area contributed by atoms with E-state index in [0.717, 1.165) is 16.5 Å². The highest BCUT2D eigenvalue weighted by atomic mass is 79.9. The van der Waals surface area contributed by atoms with Gasteiger partial charge in [-0.2, -0.15) is 0 Å². The molecule has 0 amide bonds. The molecule has 0 spiro atoms. The average Bonchev–Trinajstić information content (AvgIpc) is 2.53. The van der Waals surface area contributed by atoms with Crippen molar-refractivity contribution >= 4 is 22.2 Å². The molecule has 4 nitrogen and oxygen atoms in total. The third-order valence-electron chi connectivity index (χ3n) is 3.01. The monoisotopic (exact) mass is 364 g/mol. The Hall–Kier alpha value is -2.01. The van der Waals surface area contributed by atoms with Crippen LogP contribution in [0.1, 0.15) is 15.9 Å². The molecule has 0 aromatic heterocycles. The molecule has 0 saturated carbocycles. The number of benzene rings is 2. The second-order valence-corrected chi connectivity index (χ2v) is 5.57. The van der Waals surface area contributed by atoms with E-state index in [2.05, 4.69) is 15.9 Å². The summed E-state index contributed by atoms with van der Waals surface area (Å²) in [6, 6.07) is 11.2. The first kappa shape index (κ1) is 16.4. The van der Waals surface area contributed by atoms with Crippen LogP contribution in [0.4, 0.5) is 0 Å². The lowest BCUT2D eigenvalue weighted by molar-refractivity contribution is 0.111. The van der Waals surface area contributed by atoms with Crippen molar-refractivity contribution in [2.24, 2.45) is 0 Å². The van der Waals surface area contributed by atoms with Crippen LogP contribution in [0.15, 0.2) is 40.9 Å². The largest absolute Gasteiger partial charge is 0.493 e. The van der Waals surface area contributed by atoms with Gasteiger partial charge in [0, 0.05) is 4.47 Å². The van der Waals surface area contributed by atoms with Crippen molar-refractivity contribution in [2.45, 2.75) is 6.92 Å². The molecule has 0 bridgehead atoms. The van der Waals surface area contributed by atoms with Crippen molar-refractivity contribution in [3.8, 4) is 17.2 Å². The number of carbonyl (C=O) groups excluding carboxylic acids is 1. The van der Waals surface area contributed by atoms with E-state index in [1.165, 1.54) is 12.7 Å². The minimum absolute atomic E-state index is 0.312. The van der Waals surface area contributed by atoms with Crippen LogP contribution in [-0.4, -0.2) is 26.6 Å². The van der Waals surface area contributed by atoms with Crippen molar-refractivity contribution in [3.05, 3.63) is 52.0 Å². The van der Waals surface area contributed by atoms with E-state index >= 15 is 0 Å². The summed E-state index contributed by atoms with van der Waals surface area (Å²) in [7, 11) is 1.53. The number of aldehydes is 1. The fourth-order valence-corrected chi connectivity index (χ4v) is 2.37. The van der Waals surface area contributed by atoms with E-state index < -0.39 is 0 Å². The molecule has 0 N–H and O–H groups in total. The molecule has 0 aliphatic carbocycles. The molecular formula is C17H17BrO4. The molecule has 5 heteroatoms. The summed E-state index contributed by atoms with van der Waals surface area (Å²) in [5.41, 5.74) is 1.61. The SMILES string of the molecule is COc1cc(Br)cc(C=O)c1OCCOc1ccc(C)cc1. The first-order chi connectivity index (χ1) is 10.6. The van der Waals surface area contributed by atoms with E-state index in [9.17, 15) is 4.79 Å².